The molecule has 3 rings (SSSR count). The summed E-state index contributed by atoms with van der Waals surface area (Å²) >= 11 is 0. The molecule has 0 radical (unpaired) electrons. The van der Waals surface area contributed by atoms with Crippen LogP contribution in [0.4, 0.5) is 5.69 Å². The Hall–Kier alpha value is -3.84. The fourth-order valence-corrected chi connectivity index (χ4v) is 3.16. The number of hydrogen-bond donors (Lipinski definition) is 1. The van der Waals surface area contributed by atoms with Crippen LogP contribution in [0.2, 0.25) is 0 Å². The number of benzene rings is 3. The molecule has 0 spiro atoms. The first kappa shape index (κ1) is 20.9. The fraction of sp³-hybridized carbons (Fsp3) is 0.154. The zero-order valence-electron chi connectivity index (χ0n) is 17.1. The molecule has 0 atom stereocenters. The largest absolute Gasteiger partial charge is 0.367 e. The van der Waals surface area contributed by atoms with Gasteiger partial charge in [0, 0.05) is 25.3 Å². The molecule has 0 fully saturated rings. The lowest BCUT2D eigenvalue weighted by molar-refractivity contribution is -0.117. The lowest BCUT2D eigenvalue weighted by atomic mass is 10.1. The highest BCUT2D eigenvalue weighted by atomic mass is 16.1. The van der Waals surface area contributed by atoms with Gasteiger partial charge in [-0.3, -0.25) is 4.79 Å². The van der Waals surface area contributed by atoms with Crippen LogP contribution in [0.15, 0.2) is 90.5 Å². The van der Waals surface area contributed by atoms with Gasteiger partial charge in [0.15, 0.2) is 0 Å². The minimum Gasteiger partial charge on any atom is -0.367 e. The normalized spacial score (nSPS) is 10.9. The molecule has 0 saturated heterocycles. The molecule has 0 aliphatic rings. The molecule has 0 unspecified atom stereocenters. The average Bonchev–Trinajstić information content (AvgIpc) is 2.81. The Morgan fingerprint density at radius 2 is 1.53 bits per heavy atom. The predicted molar refractivity (Wildman–Crippen MR) is 121 cm³/mol. The summed E-state index contributed by atoms with van der Waals surface area (Å²) in [5.74, 6) is -0.371. The molecule has 150 valence electrons. The van der Waals surface area contributed by atoms with Crippen LogP contribution in [0.25, 0.3) is 6.08 Å². The summed E-state index contributed by atoms with van der Waals surface area (Å²) in [6, 6.07) is 29.9. The third-order valence-corrected chi connectivity index (χ3v) is 4.83. The third-order valence-electron chi connectivity index (χ3n) is 4.83. The van der Waals surface area contributed by atoms with Crippen molar-refractivity contribution < 1.29 is 4.79 Å². The third kappa shape index (κ3) is 5.83. The van der Waals surface area contributed by atoms with E-state index in [1.165, 1.54) is 5.56 Å². The zero-order chi connectivity index (χ0) is 21.2. The monoisotopic (exact) mass is 395 g/mol. The fourth-order valence-electron chi connectivity index (χ4n) is 3.16. The van der Waals surface area contributed by atoms with Gasteiger partial charge in [0.1, 0.15) is 11.6 Å². The SMILES string of the molecule is CCN(Cc1ccccc1)c1ccc(C=C(C#N)C(=O)NCc2ccccc2)cc1. The molecular formula is C26H25N3O. The van der Waals surface area contributed by atoms with Gasteiger partial charge in [0.2, 0.25) is 0 Å². The summed E-state index contributed by atoms with van der Waals surface area (Å²) < 4.78 is 0. The molecule has 4 heteroatoms. The number of nitrogens with one attached hydrogen (secondary N) is 1. The van der Waals surface area contributed by atoms with E-state index < -0.39 is 0 Å². The van der Waals surface area contributed by atoms with Crippen molar-refractivity contribution >= 4 is 17.7 Å². The number of anilines is 1. The van der Waals surface area contributed by atoms with E-state index in [0.29, 0.717) is 6.54 Å². The van der Waals surface area contributed by atoms with Gasteiger partial charge in [-0.15, -0.1) is 0 Å². The molecule has 1 N–H and O–H groups in total. The van der Waals surface area contributed by atoms with E-state index in [1.807, 2.05) is 78.9 Å². The average molecular weight is 396 g/mol. The van der Waals surface area contributed by atoms with Crippen LogP contribution in [0.5, 0.6) is 0 Å². The standard InChI is InChI=1S/C26H25N3O/c1-2-29(20-23-11-7-4-8-12-23)25-15-13-21(14-16-25)17-24(18-27)26(30)28-19-22-9-5-3-6-10-22/h3-17H,2,19-20H2,1H3,(H,28,30). The topological polar surface area (TPSA) is 56.1 Å². The molecule has 4 nitrogen and oxygen atoms in total. The quantitative estimate of drug-likeness (QED) is 0.434. The second-order valence-electron chi connectivity index (χ2n) is 6.93. The van der Waals surface area contributed by atoms with Crippen molar-refractivity contribution in [2.75, 3.05) is 11.4 Å². The van der Waals surface area contributed by atoms with Crippen LogP contribution in [0, 0.1) is 11.3 Å². The Kier molecular flexibility index (Phi) is 7.40. The molecular weight excluding hydrogens is 370 g/mol. The highest BCUT2D eigenvalue weighted by Gasteiger charge is 2.09. The Morgan fingerprint density at radius 3 is 2.10 bits per heavy atom. The highest BCUT2D eigenvalue weighted by Crippen LogP contribution is 2.19. The molecule has 3 aromatic rings. The van der Waals surface area contributed by atoms with E-state index in [1.54, 1.807) is 6.08 Å². The second kappa shape index (κ2) is 10.6. The van der Waals surface area contributed by atoms with Crippen molar-refractivity contribution in [3.05, 3.63) is 107 Å². The second-order valence-corrected chi connectivity index (χ2v) is 6.93. The first-order valence-electron chi connectivity index (χ1n) is 10.0. The van der Waals surface area contributed by atoms with E-state index in [9.17, 15) is 10.1 Å². The zero-order valence-corrected chi connectivity index (χ0v) is 17.1. The molecule has 0 aromatic heterocycles. The van der Waals surface area contributed by atoms with Crippen LogP contribution in [0.1, 0.15) is 23.6 Å². The number of amides is 1. The van der Waals surface area contributed by atoms with Gasteiger partial charge < -0.3 is 10.2 Å². The van der Waals surface area contributed by atoms with Crippen molar-refractivity contribution in [3.63, 3.8) is 0 Å². The van der Waals surface area contributed by atoms with Gasteiger partial charge in [-0.25, -0.2) is 0 Å². The van der Waals surface area contributed by atoms with Gasteiger partial charge in [0.05, 0.1) is 0 Å². The molecule has 30 heavy (non-hydrogen) atoms. The van der Waals surface area contributed by atoms with Crippen LogP contribution in [-0.4, -0.2) is 12.5 Å². The number of rotatable bonds is 8. The minimum atomic E-state index is -0.371. The molecule has 0 heterocycles. The lowest BCUT2D eigenvalue weighted by Gasteiger charge is -2.23. The number of carbonyl (C=O) groups excluding carboxylic acids is 1. The maximum atomic E-state index is 12.4. The summed E-state index contributed by atoms with van der Waals surface area (Å²) in [6.07, 6.45) is 1.62. The Morgan fingerprint density at radius 1 is 0.933 bits per heavy atom. The van der Waals surface area contributed by atoms with Crippen molar-refractivity contribution in [1.82, 2.24) is 5.32 Å². The molecule has 0 aliphatic carbocycles. The van der Waals surface area contributed by atoms with Crippen LogP contribution in [-0.2, 0) is 17.9 Å². The van der Waals surface area contributed by atoms with Crippen molar-refractivity contribution in [2.24, 2.45) is 0 Å². The lowest BCUT2D eigenvalue weighted by Crippen LogP contribution is -2.23. The minimum absolute atomic E-state index is 0.0929. The molecule has 0 aliphatic heterocycles. The van der Waals surface area contributed by atoms with Crippen LogP contribution < -0.4 is 10.2 Å². The molecule has 3 aromatic carbocycles. The Balaban J connectivity index is 1.66. The van der Waals surface area contributed by atoms with Crippen LogP contribution in [0.3, 0.4) is 0 Å². The predicted octanol–water partition coefficient (Wildman–Crippen LogP) is 4.94. The molecule has 0 saturated carbocycles. The van der Waals surface area contributed by atoms with Gasteiger partial charge in [-0.1, -0.05) is 72.8 Å². The Bertz CT molecular complexity index is 1020. The molecule has 1 amide bonds. The van der Waals surface area contributed by atoms with E-state index in [2.05, 4.69) is 29.3 Å². The van der Waals surface area contributed by atoms with Crippen molar-refractivity contribution in [3.8, 4) is 6.07 Å². The first-order chi connectivity index (χ1) is 14.7. The van der Waals surface area contributed by atoms with E-state index in [0.717, 1.165) is 29.9 Å². The van der Waals surface area contributed by atoms with E-state index >= 15 is 0 Å². The van der Waals surface area contributed by atoms with Crippen LogP contribution >= 0.6 is 0 Å². The highest BCUT2D eigenvalue weighted by molar-refractivity contribution is 6.01. The number of hydrogen-bond acceptors (Lipinski definition) is 3. The van der Waals surface area contributed by atoms with Crippen molar-refractivity contribution in [1.29, 1.82) is 5.26 Å². The summed E-state index contributed by atoms with van der Waals surface area (Å²) in [6.45, 7) is 4.23. The van der Waals surface area contributed by atoms with Crippen molar-refractivity contribution in [2.45, 2.75) is 20.0 Å². The molecule has 0 bridgehead atoms. The number of carbonyl (C=O) groups is 1. The van der Waals surface area contributed by atoms with E-state index in [4.69, 9.17) is 0 Å². The smallest absolute Gasteiger partial charge is 0.262 e. The number of nitrogens with zero attached hydrogens (tertiary/aromatic N) is 2. The first-order valence-corrected chi connectivity index (χ1v) is 10.0. The maximum absolute atomic E-state index is 12.4. The maximum Gasteiger partial charge on any atom is 0.262 e. The van der Waals surface area contributed by atoms with E-state index in [-0.39, 0.29) is 11.5 Å². The summed E-state index contributed by atoms with van der Waals surface area (Å²) in [7, 11) is 0. The van der Waals surface area contributed by atoms with Gasteiger partial charge >= 0.3 is 0 Å². The summed E-state index contributed by atoms with van der Waals surface area (Å²) in [5, 5.41) is 12.2. The number of nitriles is 1. The van der Waals surface area contributed by atoms with Gasteiger partial charge in [0.25, 0.3) is 5.91 Å². The van der Waals surface area contributed by atoms with Gasteiger partial charge in [-0.2, -0.15) is 5.26 Å². The summed E-state index contributed by atoms with van der Waals surface area (Å²) in [5.41, 5.74) is 4.26. The van der Waals surface area contributed by atoms with Gasteiger partial charge in [-0.05, 0) is 41.8 Å². The summed E-state index contributed by atoms with van der Waals surface area (Å²) in [4.78, 5) is 14.6. The Labute approximate surface area is 178 Å².